The number of aliphatic carboxylic acids is 2. The normalized spacial score (nSPS) is 43.5. The lowest BCUT2D eigenvalue weighted by Gasteiger charge is -2.48. The third-order valence-electron chi connectivity index (χ3n) is 6.02. The molecule has 0 spiro atoms. The van der Waals surface area contributed by atoms with E-state index >= 15 is 0 Å². The number of aliphatic hydroxyl groups excluding tert-OH is 7. The molecular formula is C20H29NO17. The highest BCUT2D eigenvalue weighted by molar-refractivity contribution is 5.84. The number of rotatable bonds is 8. The first-order valence-corrected chi connectivity index (χ1v) is 11.2. The highest BCUT2D eigenvalue weighted by Gasteiger charge is 2.54. The monoisotopic (exact) mass is 555 g/mol. The van der Waals surface area contributed by atoms with Gasteiger partial charge in [-0.05, 0) is 6.08 Å². The Morgan fingerprint density at radius 1 is 0.895 bits per heavy atom. The predicted octanol–water partition coefficient (Wildman–Crippen LogP) is -6.09. The van der Waals surface area contributed by atoms with Crippen LogP contribution < -0.4 is 5.32 Å². The maximum Gasteiger partial charge on any atom is 0.371 e. The summed E-state index contributed by atoms with van der Waals surface area (Å²) in [4.78, 5) is 35.0. The molecule has 0 saturated carbocycles. The molecule has 0 aromatic heterocycles. The van der Waals surface area contributed by atoms with Crippen molar-refractivity contribution >= 4 is 17.8 Å². The largest absolute Gasteiger partial charge is 0.479 e. The maximum atomic E-state index is 12.0. The summed E-state index contributed by atoms with van der Waals surface area (Å²) in [5.41, 5.74) is 0. The minimum atomic E-state index is -2.10. The lowest BCUT2D eigenvalue weighted by molar-refractivity contribution is -0.347. The molecule has 18 nitrogen and oxygen atoms in total. The molecule has 18 heteroatoms. The van der Waals surface area contributed by atoms with E-state index in [0.717, 1.165) is 6.92 Å². The number of carboxylic acids is 2. The van der Waals surface area contributed by atoms with Crippen molar-refractivity contribution in [1.29, 1.82) is 0 Å². The van der Waals surface area contributed by atoms with Crippen molar-refractivity contribution in [1.82, 2.24) is 5.32 Å². The van der Waals surface area contributed by atoms with Gasteiger partial charge >= 0.3 is 11.9 Å². The number of aliphatic hydroxyl groups is 7. The fourth-order valence-corrected chi connectivity index (χ4v) is 4.12. The number of amides is 1. The standard InChI is InChI=1S/C20H29NO17/c1-4(23)21-8-13(37-20-9(25)5(24)2-6(34-20)16(29)30)10(26)7(3-22)35-19(8)38-14-11(27)12(28)18(33)36-15(14)17(31)32/h2,5,7-15,18-20,22,24-28,33H,3H2,1H3,(H,21,23)(H,29,30)(H,31,32). The van der Waals surface area contributed by atoms with E-state index in [1.165, 1.54) is 0 Å². The summed E-state index contributed by atoms with van der Waals surface area (Å²) in [6.45, 7) is 0.121. The molecular weight excluding hydrogens is 526 g/mol. The van der Waals surface area contributed by atoms with Crippen molar-refractivity contribution in [3.63, 3.8) is 0 Å². The van der Waals surface area contributed by atoms with Crippen LogP contribution in [-0.4, -0.2) is 150 Å². The van der Waals surface area contributed by atoms with Gasteiger partial charge in [0.15, 0.2) is 18.7 Å². The minimum absolute atomic E-state index is 0.692. The van der Waals surface area contributed by atoms with Crippen LogP contribution in [0.1, 0.15) is 6.92 Å². The number of carbonyl (C=O) groups is 3. The summed E-state index contributed by atoms with van der Waals surface area (Å²) < 4.78 is 26.4. The number of carboxylic acid groups (broad SMARTS) is 2. The zero-order chi connectivity index (χ0) is 28.5. The molecule has 0 aromatic carbocycles. The smallest absolute Gasteiger partial charge is 0.371 e. The molecule has 3 aliphatic heterocycles. The first-order chi connectivity index (χ1) is 17.8. The molecule has 0 aromatic rings. The van der Waals surface area contributed by atoms with Crippen LogP contribution in [0.5, 0.6) is 0 Å². The number of ether oxygens (including phenoxy) is 5. The molecule has 3 heterocycles. The van der Waals surface area contributed by atoms with Crippen molar-refractivity contribution in [2.24, 2.45) is 0 Å². The van der Waals surface area contributed by atoms with Gasteiger partial charge in [-0.3, -0.25) is 4.79 Å². The Labute approximate surface area is 213 Å². The van der Waals surface area contributed by atoms with Crippen LogP contribution in [0, 0.1) is 0 Å². The Balaban J connectivity index is 1.94. The Hall–Kier alpha value is -2.49. The molecule has 0 aliphatic carbocycles. The van der Waals surface area contributed by atoms with Crippen LogP contribution in [-0.2, 0) is 38.1 Å². The fraction of sp³-hybridized carbons (Fsp3) is 0.750. The van der Waals surface area contributed by atoms with Gasteiger partial charge in [0.1, 0.15) is 54.9 Å². The molecule has 10 N–H and O–H groups in total. The van der Waals surface area contributed by atoms with E-state index in [1.807, 2.05) is 0 Å². The third-order valence-corrected chi connectivity index (χ3v) is 6.02. The quantitative estimate of drug-likeness (QED) is 0.133. The van der Waals surface area contributed by atoms with Crippen LogP contribution in [0.4, 0.5) is 0 Å². The Bertz CT molecular complexity index is 914. The van der Waals surface area contributed by atoms with E-state index in [0.29, 0.717) is 6.08 Å². The molecule has 1 amide bonds. The number of carbonyl (C=O) groups excluding carboxylic acids is 1. The van der Waals surface area contributed by atoms with Gasteiger partial charge in [0.2, 0.25) is 18.0 Å². The van der Waals surface area contributed by atoms with E-state index < -0.39 is 110 Å². The zero-order valence-electron chi connectivity index (χ0n) is 19.6. The molecule has 13 unspecified atom stereocenters. The molecule has 0 radical (unpaired) electrons. The van der Waals surface area contributed by atoms with Crippen molar-refractivity contribution < 1.29 is 84.0 Å². The number of hydrogen-bond acceptors (Lipinski definition) is 15. The molecule has 216 valence electrons. The Kier molecular flexibility index (Phi) is 9.60. The maximum absolute atomic E-state index is 12.0. The first kappa shape index (κ1) is 30.1. The average Bonchev–Trinajstić information content (AvgIpc) is 2.84. The van der Waals surface area contributed by atoms with Crippen LogP contribution >= 0.6 is 0 Å². The van der Waals surface area contributed by atoms with E-state index in [2.05, 4.69) is 5.32 Å². The highest BCUT2D eigenvalue weighted by Crippen LogP contribution is 2.32. The molecule has 0 bridgehead atoms. The average molecular weight is 555 g/mol. The van der Waals surface area contributed by atoms with Gasteiger partial charge in [-0.25, -0.2) is 9.59 Å². The zero-order valence-corrected chi connectivity index (χ0v) is 19.6. The van der Waals surface area contributed by atoms with Crippen molar-refractivity contribution in [2.45, 2.75) is 86.8 Å². The number of nitrogens with one attached hydrogen (secondary N) is 1. The predicted molar refractivity (Wildman–Crippen MR) is 112 cm³/mol. The molecule has 3 aliphatic rings. The summed E-state index contributed by atoms with van der Waals surface area (Å²) in [7, 11) is 0. The van der Waals surface area contributed by atoms with Crippen LogP contribution in [0.3, 0.4) is 0 Å². The number of hydrogen-bond donors (Lipinski definition) is 10. The minimum Gasteiger partial charge on any atom is -0.479 e. The lowest BCUT2D eigenvalue weighted by atomic mass is 9.95. The molecule has 38 heavy (non-hydrogen) atoms. The van der Waals surface area contributed by atoms with Gasteiger partial charge in [0.25, 0.3) is 0 Å². The van der Waals surface area contributed by atoms with Crippen LogP contribution in [0.2, 0.25) is 0 Å². The Morgan fingerprint density at radius 3 is 2.08 bits per heavy atom. The second kappa shape index (κ2) is 12.1. The highest BCUT2D eigenvalue weighted by atomic mass is 16.7. The summed E-state index contributed by atoms with van der Waals surface area (Å²) in [5.74, 6) is -4.94. The fourth-order valence-electron chi connectivity index (χ4n) is 4.12. The van der Waals surface area contributed by atoms with Crippen molar-refractivity contribution in [3.05, 3.63) is 11.8 Å². The van der Waals surface area contributed by atoms with Gasteiger partial charge < -0.3 is 75.0 Å². The van der Waals surface area contributed by atoms with Gasteiger partial charge in [-0.1, -0.05) is 0 Å². The first-order valence-electron chi connectivity index (χ1n) is 11.2. The Morgan fingerprint density at radius 2 is 1.53 bits per heavy atom. The van der Waals surface area contributed by atoms with E-state index in [4.69, 9.17) is 23.7 Å². The lowest BCUT2D eigenvalue weighted by Crippen LogP contribution is -2.69. The second-order valence-electron chi connectivity index (χ2n) is 8.71. The molecule has 3 rings (SSSR count). The molecule has 2 fully saturated rings. The van der Waals surface area contributed by atoms with E-state index in [1.54, 1.807) is 0 Å². The van der Waals surface area contributed by atoms with Gasteiger partial charge in [-0.2, -0.15) is 0 Å². The summed E-state index contributed by atoms with van der Waals surface area (Å²) >= 11 is 0. The van der Waals surface area contributed by atoms with Gasteiger partial charge in [-0.15, -0.1) is 0 Å². The van der Waals surface area contributed by atoms with Crippen LogP contribution in [0.15, 0.2) is 11.8 Å². The summed E-state index contributed by atoms with van der Waals surface area (Å²) in [6.07, 6.45) is -22.1. The molecule has 13 atom stereocenters. The summed E-state index contributed by atoms with van der Waals surface area (Å²) in [5, 5.41) is 91.7. The van der Waals surface area contributed by atoms with E-state index in [-0.39, 0.29) is 0 Å². The van der Waals surface area contributed by atoms with Crippen molar-refractivity contribution in [2.75, 3.05) is 6.61 Å². The third kappa shape index (κ3) is 6.21. The van der Waals surface area contributed by atoms with Crippen LogP contribution in [0.25, 0.3) is 0 Å². The van der Waals surface area contributed by atoms with Crippen molar-refractivity contribution in [3.8, 4) is 0 Å². The van der Waals surface area contributed by atoms with Gasteiger partial charge in [0.05, 0.1) is 6.61 Å². The second-order valence-corrected chi connectivity index (χ2v) is 8.71. The van der Waals surface area contributed by atoms with Gasteiger partial charge in [0, 0.05) is 6.92 Å². The van der Waals surface area contributed by atoms with E-state index in [9.17, 15) is 60.3 Å². The topological polar surface area (TPSA) is 291 Å². The summed E-state index contributed by atoms with van der Waals surface area (Å²) in [6, 6.07) is -1.62. The molecule has 2 saturated heterocycles. The SMILES string of the molecule is CC(=O)NC1C(OC2C(C(=O)O)OC(O)C(O)C2O)OC(CO)C(O)C1OC1OC(C(=O)O)=CC(O)C1O.